The van der Waals surface area contributed by atoms with Crippen LogP contribution in [0.2, 0.25) is 0 Å². The van der Waals surface area contributed by atoms with Gasteiger partial charge in [0.05, 0.1) is 31.9 Å². The predicted octanol–water partition coefficient (Wildman–Crippen LogP) is -5.91. The Morgan fingerprint density at radius 3 is 2.07 bits per heavy atom. The Labute approximate surface area is 153 Å². The summed E-state index contributed by atoms with van der Waals surface area (Å²) in [5.41, 5.74) is 0. The topological polar surface area (TPSA) is 201 Å². The van der Waals surface area contributed by atoms with Crippen LogP contribution in [0.5, 0.6) is 0 Å². The van der Waals surface area contributed by atoms with E-state index in [-0.39, 0.29) is 0 Å². The van der Waals surface area contributed by atoms with Gasteiger partial charge in [-0.3, -0.25) is 4.79 Å². The molecule has 0 aliphatic carbocycles. The van der Waals surface area contributed by atoms with Crippen molar-refractivity contribution in [1.29, 1.82) is 0 Å². The lowest BCUT2D eigenvalue weighted by molar-refractivity contribution is -0.311. The number of ether oxygens (including phenoxy) is 2. The third-order valence-electron chi connectivity index (χ3n) is 5.63. The minimum Gasteiger partial charge on any atom is -0.396 e. The lowest BCUT2D eigenvalue weighted by Gasteiger charge is -2.40. The molecule has 3 heterocycles. The molecule has 0 aromatic rings. The summed E-state index contributed by atoms with van der Waals surface area (Å²) in [6.45, 7) is -1.92. The van der Waals surface area contributed by atoms with Crippen LogP contribution in [0.3, 0.4) is 0 Å². The molecule has 0 aromatic heterocycles. The van der Waals surface area contributed by atoms with E-state index >= 15 is 0 Å². The average molecular weight is 395 g/mol. The Morgan fingerprint density at radius 1 is 0.852 bits per heavy atom. The van der Waals surface area contributed by atoms with Crippen molar-refractivity contribution in [2.75, 3.05) is 19.8 Å². The van der Waals surface area contributed by atoms with Crippen LogP contribution >= 0.6 is 0 Å². The molecule has 156 valence electrons. The van der Waals surface area contributed by atoms with Gasteiger partial charge in [0, 0.05) is 5.92 Å². The van der Waals surface area contributed by atoms with E-state index in [9.17, 15) is 45.6 Å². The molecule has 0 bridgehead atoms. The number of carbonyl (C=O) groups excluding carboxylic acids is 1. The monoisotopic (exact) mass is 395 g/mol. The van der Waals surface area contributed by atoms with Gasteiger partial charge in [-0.1, -0.05) is 0 Å². The second-order valence-corrected chi connectivity index (χ2v) is 7.07. The molecule has 8 N–H and O–H groups in total. The van der Waals surface area contributed by atoms with Crippen LogP contribution in [0.4, 0.5) is 0 Å². The first-order valence-electron chi connectivity index (χ1n) is 8.64. The van der Waals surface area contributed by atoms with E-state index in [1.165, 1.54) is 0 Å². The molecule has 3 aliphatic rings. The number of aliphatic hydroxyl groups excluding tert-OH is 8. The van der Waals surface area contributed by atoms with E-state index in [4.69, 9.17) is 9.47 Å². The Morgan fingerprint density at radius 2 is 1.52 bits per heavy atom. The molecule has 11 atom stereocenters. The second-order valence-electron chi connectivity index (χ2n) is 7.07. The van der Waals surface area contributed by atoms with Gasteiger partial charge in [0.25, 0.3) is 5.91 Å². The lowest BCUT2D eigenvalue weighted by Crippen LogP contribution is -2.60. The Bertz CT molecular complexity index is 548. The summed E-state index contributed by atoms with van der Waals surface area (Å²) >= 11 is 0. The molecule has 12 heteroatoms. The van der Waals surface area contributed by atoms with Crippen molar-refractivity contribution >= 4 is 5.91 Å². The first-order valence-corrected chi connectivity index (χ1v) is 8.64. The molecule has 0 saturated carbocycles. The largest absolute Gasteiger partial charge is 0.396 e. The second kappa shape index (κ2) is 7.83. The number of nitrogens with zero attached hydrogens (tertiary/aromatic N) is 1. The van der Waals surface area contributed by atoms with Crippen molar-refractivity contribution in [3.8, 4) is 0 Å². The maximum atomic E-state index is 12.8. The first kappa shape index (κ1) is 20.8. The number of aliphatic hydroxyl groups is 8. The van der Waals surface area contributed by atoms with E-state index in [0.717, 1.165) is 4.90 Å². The van der Waals surface area contributed by atoms with Crippen molar-refractivity contribution in [3.63, 3.8) is 0 Å². The summed E-state index contributed by atoms with van der Waals surface area (Å²) in [5, 5.41) is 78.3. The molecule has 3 fully saturated rings. The van der Waals surface area contributed by atoms with E-state index < -0.39 is 92.7 Å². The zero-order valence-corrected chi connectivity index (χ0v) is 14.2. The van der Waals surface area contributed by atoms with Crippen molar-refractivity contribution in [2.45, 2.75) is 61.1 Å². The number of amides is 1. The zero-order chi connectivity index (χ0) is 20.0. The molecule has 0 aromatic carbocycles. The van der Waals surface area contributed by atoms with Gasteiger partial charge in [-0.2, -0.15) is 0 Å². The molecule has 12 nitrogen and oxygen atoms in total. The molecular formula is C15H25NO11. The summed E-state index contributed by atoms with van der Waals surface area (Å²) in [5.74, 6) is -1.75. The molecule has 0 unspecified atom stereocenters. The van der Waals surface area contributed by atoms with Crippen LogP contribution in [-0.4, -0.2) is 133 Å². The Kier molecular flexibility index (Phi) is 6.03. The number of hydrogen-bond acceptors (Lipinski definition) is 11. The maximum Gasteiger partial charge on any atom is 0.253 e. The molecule has 3 rings (SSSR count). The highest BCUT2D eigenvalue weighted by molar-refractivity contribution is 5.85. The van der Waals surface area contributed by atoms with Crippen molar-refractivity contribution in [3.05, 3.63) is 0 Å². The molecule has 0 spiro atoms. The minimum atomic E-state index is -1.74. The van der Waals surface area contributed by atoms with Crippen molar-refractivity contribution < 1.29 is 55.1 Å². The normalized spacial score (nSPS) is 50.3. The third kappa shape index (κ3) is 3.15. The smallest absolute Gasteiger partial charge is 0.253 e. The van der Waals surface area contributed by atoms with E-state index in [0.29, 0.717) is 0 Å². The lowest BCUT2D eigenvalue weighted by atomic mass is 9.93. The summed E-state index contributed by atoms with van der Waals surface area (Å²) in [4.78, 5) is 13.8. The SMILES string of the molecule is O=C1[C@H](O[C@H]2O[C@H](CO)[C@@H](O)[C@H](O)[C@H]2O)[C@@H](CO)[C@@H]2[C@@H](O)[C@H](O)[C@@H](CO)N12. The minimum absolute atomic E-state index is 0.614. The Balaban J connectivity index is 1.82. The van der Waals surface area contributed by atoms with E-state index in [2.05, 4.69) is 0 Å². The quantitative estimate of drug-likeness (QED) is 0.220. The average Bonchev–Trinajstić information content (AvgIpc) is 3.07. The van der Waals surface area contributed by atoms with Crippen LogP contribution in [-0.2, 0) is 14.3 Å². The highest BCUT2D eigenvalue weighted by Crippen LogP contribution is 2.40. The highest BCUT2D eigenvalue weighted by Gasteiger charge is 2.62. The molecule has 27 heavy (non-hydrogen) atoms. The molecule has 1 amide bonds. The van der Waals surface area contributed by atoms with Gasteiger partial charge in [0.2, 0.25) is 0 Å². The van der Waals surface area contributed by atoms with Crippen LogP contribution < -0.4 is 0 Å². The zero-order valence-electron chi connectivity index (χ0n) is 14.2. The van der Waals surface area contributed by atoms with Crippen LogP contribution in [0.25, 0.3) is 0 Å². The van der Waals surface area contributed by atoms with Crippen LogP contribution in [0, 0.1) is 5.92 Å². The van der Waals surface area contributed by atoms with Gasteiger partial charge >= 0.3 is 0 Å². The van der Waals surface area contributed by atoms with Crippen molar-refractivity contribution in [1.82, 2.24) is 4.90 Å². The fourth-order valence-electron chi connectivity index (χ4n) is 4.14. The molecular weight excluding hydrogens is 370 g/mol. The maximum absolute atomic E-state index is 12.8. The first-order chi connectivity index (χ1) is 12.8. The molecule has 3 aliphatic heterocycles. The van der Waals surface area contributed by atoms with Gasteiger partial charge < -0.3 is 55.2 Å². The van der Waals surface area contributed by atoms with Gasteiger partial charge in [-0.25, -0.2) is 0 Å². The number of carbonyl (C=O) groups is 1. The Hall–Kier alpha value is -0.930. The fraction of sp³-hybridized carbons (Fsp3) is 0.933. The third-order valence-corrected chi connectivity index (χ3v) is 5.63. The number of rotatable bonds is 5. The van der Waals surface area contributed by atoms with E-state index in [1.54, 1.807) is 0 Å². The van der Waals surface area contributed by atoms with Crippen LogP contribution in [0.15, 0.2) is 0 Å². The van der Waals surface area contributed by atoms with Crippen LogP contribution in [0.1, 0.15) is 0 Å². The summed E-state index contributed by atoms with van der Waals surface area (Å²) in [7, 11) is 0. The predicted molar refractivity (Wildman–Crippen MR) is 82.7 cm³/mol. The summed E-state index contributed by atoms with van der Waals surface area (Å²) in [6.07, 6.45) is -12.1. The van der Waals surface area contributed by atoms with Crippen molar-refractivity contribution in [2.24, 2.45) is 5.92 Å². The fourth-order valence-corrected chi connectivity index (χ4v) is 4.14. The standard InChI is InChI=1S/C15H25NO11/c17-1-4-7-10(22)8(20)5(2-18)16(7)14(25)13(4)27-15-12(24)11(23)9(21)6(3-19)26-15/h4-13,15,17-24H,1-3H2/t4-,5+,6+,7+,8+,9+,10+,11-,12+,13+,15+/m0/s1. The molecule has 0 radical (unpaired) electrons. The van der Waals surface area contributed by atoms with Gasteiger partial charge in [0.1, 0.15) is 42.7 Å². The molecule has 3 saturated heterocycles. The van der Waals surface area contributed by atoms with Gasteiger partial charge in [0.15, 0.2) is 6.29 Å². The van der Waals surface area contributed by atoms with Gasteiger partial charge in [-0.15, -0.1) is 0 Å². The highest BCUT2D eigenvalue weighted by atomic mass is 16.7. The van der Waals surface area contributed by atoms with E-state index in [1.807, 2.05) is 0 Å². The summed E-state index contributed by atoms with van der Waals surface area (Å²) in [6, 6.07) is -2.11. The number of hydrogen-bond donors (Lipinski definition) is 8. The number of fused-ring (bicyclic) bond motifs is 1. The summed E-state index contributed by atoms with van der Waals surface area (Å²) < 4.78 is 10.7. The van der Waals surface area contributed by atoms with Gasteiger partial charge in [-0.05, 0) is 0 Å².